The van der Waals surface area contributed by atoms with E-state index in [2.05, 4.69) is 0 Å². The Labute approximate surface area is 103 Å². The maximum absolute atomic E-state index is 13.4. The van der Waals surface area contributed by atoms with Crippen molar-refractivity contribution in [2.45, 2.75) is 6.42 Å². The van der Waals surface area contributed by atoms with Gasteiger partial charge < -0.3 is 5.73 Å². The van der Waals surface area contributed by atoms with Crippen molar-refractivity contribution < 1.29 is 13.6 Å². The molecule has 2 rings (SSSR count). The molecule has 2 nitrogen and oxygen atoms in total. The number of ketones is 1. The molecule has 0 aliphatic rings. The van der Waals surface area contributed by atoms with E-state index < -0.39 is 11.6 Å². The molecule has 0 fully saturated rings. The Morgan fingerprint density at radius 3 is 2.50 bits per heavy atom. The molecule has 2 aromatic rings. The maximum atomic E-state index is 13.4. The SMILES string of the molecule is Nc1ccccc1C(=O)Cc1ccc(F)cc1F. The highest BCUT2D eigenvalue weighted by Crippen LogP contribution is 2.16. The van der Waals surface area contributed by atoms with Crippen molar-refractivity contribution in [3.05, 3.63) is 65.2 Å². The van der Waals surface area contributed by atoms with E-state index in [1.54, 1.807) is 24.3 Å². The summed E-state index contributed by atoms with van der Waals surface area (Å²) in [6.45, 7) is 0. The first-order valence-electron chi connectivity index (χ1n) is 5.39. The average Bonchev–Trinajstić information content (AvgIpc) is 2.33. The third-order valence-corrected chi connectivity index (χ3v) is 2.63. The van der Waals surface area contributed by atoms with Crippen LogP contribution in [0.15, 0.2) is 42.5 Å². The van der Waals surface area contributed by atoms with E-state index in [0.29, 0.717) is 11.3 Å². The van der Waals surface area contributed by atoms with E-state index in [-0.39, 0.29) is 17.8 Å². The highest BCUT2D eigenvalue weighted by molar-refractivity contribution is 6.01. The molecular formula is C14H11F2NO. The van der Waals surface area contributed by atoms with Crippen LogP contribution in [-0.4, -0.2) is 5.78 Å². The van der Waals surface area contributed by atoms with Crippen LogP contribution in [0.3, 0.4) is 0 Å². The third-order valence-electron chi connectivity index (χ3n) is 2.63. The molecule has 0 aliphatic heterocycles. The van der Waals surface area contributed by atoms with Gasteiger partial charge in [-0.25, -0.2) is 8.78 Å². The standard InChI is InChI=1S/C14H11F2NO/c15-10-6-5-9(12(16)8-10)7-14(18)11-3-1-2-4-13(11)17/h1-6,8H,7,17H2. The van der Waals surface area contributed by atoms with Crippen molar-refractivity contribution in [1.29, 1.82) is 0 Å². The molecule has 0 aliphatic carbocycles. The fraction of sp³-hybridized carbons (Fsp3) is 0.0714. The minimum atomic E-state index is -0.724. The van der Waals surface area contributed by atoms with Gasteiger partial charge in [0.1, 0.15) is 11.6 Å². The predicted octanol–water partition coefficient (Wildman–Crippen LogP) is 2.97. The molecule has 2 aromatic carbocycles. The highest BCUT2D eigenvalue weighted by Gasteiger charge is 2.13. The fourth-order valence-corrected chi connectivity index (χ4v) is 1.68. The number of hydrogen-bond donors (Lipinski definition) is 1. The van der Waals surface area contributed by atoms with Crippen LogP contribution < -0.4 is 5.73 Å². The number of anilines is 1. The predicted molar refractivity (Wildman–Crippen MR) is 65.2 cm³/mol. The van der Waals surface area contributed by atoms with E-state index in [1.165, 1.54) is 6.07 Å². The Kier molecular flexibility index (Phi) is 3.37. The molecule has 0 heterocycles. The molecule has 4 heteroatoms. The van der Waals surface area contributed by atoms with Crippen LogP contribution in [0.25, 0.3) is 0 Å². The van der Waals surface area contributed by atoms with Crippen molar-refractivity contribution in [3.8, 4) is 0 Å². The smallest absolute Gasteiger partial charge is 0.169 e. The summed E-state index contributed by atoms with van der Waals surface area (Å²) in [5, 5.41) is 0. The summed E-state index contributed by atoms with van der Waals surface area (Å²) < 4.78 is 26.1. The lowest BCUT2D eigenvalue weighted by Gasteiger charge is -2.05. The van der Waals surface area contributed by atoms with Crippen LogP contribution in [0.2, 0.25) is 0 Å². The second-order valence-electron chi connectivity index (χ2n) is 3.92. The normalized spacial score (nSPS) is 10.3. The maximum Gasteiger partial charge on any atom is 0.169 e. The lowest BCUT2D eigenvalue weighted by molar-refractivity contribution is 0.0992. The van der Waals surface area contributed by atoms with E-state index in [9.17, 15) is 13.6 Å². The van der Waals surface area contributed by atoms with Gasteiger partial charge in [-0.3, -0.25) is 4.79 Å². The number of rotatable bonds is 3. The Bertz CT molecular complexity index is 596. The summed E-state index contributed by atoms with van der Waals surface area (Å²) in [5.41, 5.74) is 6.52. The second kappa shape index (κ2) is 4.96. The highest BCUT2D eigenvalue weighted by atomic mass is 19.1. The van der Waals surface area contributed by atoms with Crippen LogP contribution in [0.5, 0.6) is 0 Å². The van der Waals surface area contributed by atoms with Gasteiger partial charge in [-0.1, -0.05) is 18.2 Å². The number of halogens is 2. The lowest BCUT2D eigenvalue weighted by Crippen LogP contribution is -2.08. The van der Waals surface area contributed by atoms with Crippen LogP contribution in [0.4, 0.5) is 14.5 Å². The minimum absolute atomic E-state index is 0.139. The molecule has 2 N–H and O–H groups in total. The number of carbonyl (C=O) groups is 1. The molecule has 0 saturated carbocycles. The van der Waals surface area contributed by atoms with Gasteiger partial charge in [-0.15, -0.1) is 0 Å². The second-order valence-corrected chi connectivity index (χ2v) is 3.92. The van der Waals surface area contributed by atoms with Gasteiger partial charge in [0, 0.05) is 23.7 Å². The Morgan fingerprint density at radius 2 is 1.83 bits per heavy atom. The lowest BCUT2D eigenvalue weighted by atomic mass is 10.0. The summed E-state index contributed by atoms with van der Waals surface area (Å²) >= 11 is 0. The molecule has 0 spiro atoms. The van der Waals surface area contributed by atoms with Crippen molar-refractivity contribution >= 4 is 11.5 Å². The topological polar surface area (TPSA) is 43.1 Å². The average molecular weight is 247 g/mol. The van der Waals surface area contributed by atoms with Gasteiger partial charge >= 0.3 is 0 Å². The van der Waals surface area contributed by atoms with Crippen LogP contribution in [-0.2, 0) is 6.42 Å². The number of para-hydroxylation sites is 1. The van der Waals surface area contributed by atoms with Gasteiger partial charge in [0.2, 0.25) is 0 Å². The van der Waals surface area contributed by atoms with Gasteiger partial charge in [-0.2, -0.15) is 0 Å². The summed E-state index contributed by atoms with van der Waals surface area (Å²) in [4.78, 5) is 11.9. The monoisotopic (exact) mass is 247 g/mol. The zero-order chi connectivity index (χ0) is 13.1. The molecule has 0 unspecified atom stereocenters. The summed E-state index contributed by atoms with van der Waals surface area (Å²) in [6, 6.07) is 9.74. The van der Waals surface area contributed by atoms with Gasteiger partial charge in [0.05, 0.1) is 0 Å². The van der Waals surface area contributed by atoms with E-state index >= 15 is 0 Å². The van der Waals surface area contributed by atoms with Crippen LogP contribution >= 0.6 is 0 Å². The van der Waals surface area contributed by atoms with Gasteiger partial charge in [-0.05, 0) is 23.8 Å². The summed E-state index contributed by atoms with van der Waals surface area (Å²) in [5.74, 6) is -1.68. The van der Waals surface area contributed by atoms with Crippen LogP contribution in [0.1, 0.15) is 15.9 Å². The van der Waals surface area contributed by atoms with E-state index in [4.69, 9.17) is 5.73 Å². The largest absolute Gasteiger partial charge is 0.398 e. The van der Waals surface area contributed by atoms with E-state index in [1.807, 2.05) is 0 Å². The summed E-state index contributed by atoms with van der Waals surface area (Å²) in [6.07, 6.45) is -0.139. The van der Waals surface area contributed by atoms with E-state index in [0.717, 1.165) is 12.1 Å². The first-order valence-corrected chi connectivity index (χ1v) is 5.39. The number of nitrogens with two attached hydrogens (primary N) is 1. The van der Waals surface area contributed by atoms with Crippen molar-refractivity contribution in [1.82, 2.24) is 0 Å². The Morgan fingerprint density at radius 1 is 1.11 bits per heavy atom. The molecule has 0 atom stereocenters. The molecule has 0 bridgehead atoms. The molecule has 92 valence electrons. The van der Waals surface area contributed by atoms with Crippen molar-refractivity contribution in [2.24, 2.45) is 0 Å². The zero-order valence-corrected chi connectivity index (χ0v) is 9.49. The summed E-state index contributed by atoms with van der Waals surface area (Å²) in [7, 11) is 0. The Balaban J connectivity index is 2.24. The van der Waals surface area contributed by atoms with Gasteiger partial charge in [0.25, 0.3) is 0 Å². The molecule has 0 saturated heterocycles. The zero-order valence-electron chi connectivity index (χ0n) is 9.49. The molecule has 0 aromatic heterocycles. The first kappa shape index (κ1) is 12.2. The third kappa shape index (κ3) is 2.53. The first-order chi connectivity index (χ1) is 8.58. The van der Waals surface area contributed by atoms with Crippen LogP contribution in [0, 0.1) is 11.6 Å². The number of Topliss-reactive ketones (excluding diaryl/α,β-unsaturated/α-hetero) is 1. The number of benzene rings is 2. The van der Waals surface area contributed by atoms with Gasteiger partial charge in [0.15, 0.2) is 5.78 Å². The number of hydrogen-bond acceptors (Lipinski definition) is 2. The minimum Gasteiger partial charge on any atom is -0.398 e. The molecule has 18 heavy (non-hydrogen) atoms. The number of nitrogen functional groups attached to an aromatic ring is 1. The number of carbonyl (C=O) groups excluding carboxylic acids is 1. The van der Waals surface area contributed by atoms with Crippen molar-refractivity contribution in [3.63, 3.8) is 0 Å². The molecule has 0 radical (unpaired) electrons. The molecular weight excluding hydrogens is 236 g/mol. The quantitative estimate of drug-likeness (QED) is 0.669. The Hall–Kier alpha value is -2.23. The van der Waals surface area contributed by atoms with Crippen molar-refractivity contribution in [2.75, 3.05) is 5.73 Å². The molecule has 0 amide bonds. The fourth-order valence-electron chi connectivity index (χ4n) is 1.68.